The van der Waals surface area contributed by atoms with Gasteiger partial charge in [-0.05, 0) is 46.7 Å². The van der Waals surface area contributed by atoms with E-state index in [0.717, 1.165) is 45.3 Å². The summed E-state index contributed by atoms with van der Waals surface area (Å²) in [6, 6.07) is 3.96. The van der Waals surface area contributed by atoms with Gasteiger partial charge in [-0.3, -0.25) is 4.98 Å². The first kappa shape index (κ1) is 14.7. The Morgan fingerprint density at radius 3 is 2.75 bits per heavy atom. The quantitative estimate of drug-likeness (QED) is 0.552. The number of pyridine rings is 1. The highest BCUT2D eigenvalue weighted by Gasteiger charge is 2.41. The summed E-state index contributed by atoms with van der Waals surface area (Å²) in [7, 11) is 0. The zero-order valence-electron chi connectivity index (χ0n) is 12.9. The minimum Gasteiger partial charge on any atom is -0.347 e. The van der Waals surface area contributed by atoms with Gasteiger partial charge in [-0.25, -0.2) is 9.50 Å². The van der Waals surface area contributed by atoms with Crippen LogP contribution < -0.4 is 0 Å². The van der Waals surface area contributed by atoms with Gasteiger partial charge < -0.3 is 9.47 Å². The van der Waals surface area contributed by atoms with E-state index in [0.29, 0.717) is 13.2 Å². The second-order valence-electron chi connectivity index (χ2n) is 6.15. The van der Waals surface area contributed by atoms with Crippen molar-refractivity contribution in [2.45, 2.75) is 25.0 Å². The van der Waals surface area contributed by atoms with E-state index in [4.69, 9.17) is 14.6 Å². The molecule has 5 rings (SSSR count). The third-order valence-corrected chi connectivity index (χ3v) is 5.74. The summed E-state index contributed by atoms with van der Waals surface area (Å²) in [6.07, 6.45) is 8.01. The zero-order valence-corrected chi connectivity index (χ0v) is 15.1. The highest BCUT2D eigenvalue weighted by atomic mass is 127. The molecule has 0 aromatic carbocycles. The fourth-order valence-electron chi connectivity index (χ4n) is 3.58. The lowest BCUT2D eigenvalue weighted by molar-refractivity contribution is -0.164. The lowest BCUT2D eigenvalue weighted by atomic mass is 9.91. The molecule has 6 nitrogen and oxygen atoms in total. The second kappa shape index (κ2) is 5.47. The van der Waals surface area contributed by atoms with E-state index in [1.807, 2.05) is 22.8 Å². The van der Waals surface area contributed by atoms with Crippen molar-refractivity contribution < 1.29 is 9.47 Å². The fraction of sp³-hybridized carbons (Fsp3) is 0.353. The Morgan fingerprint density at radius 1 is 1.17 bits per heavy atom. The van der Waals surface area contributed by atoms with E-state index in [2.05, 4.69) is 32.6 Å². The third kappa shape index (κ3) is 2.18. The van der Waals surface area contributed by atoms with Crippen molar-refractivity contribution in [3.63, 3.8) is 0 Å². The number of rotatable bonds is 1. The number of hydrogen-bond donors (Lipinski definition) is 0. The molecule has 2 aliphatic rings. The summed E-state index contributed by atoms with van der Waals surface area (Å²) in [6.45, 7) is 1.35. The summed E-state index contributed by atoms with van der Waals surface area (Å²) < 4.78 is 14.8. The van der Waals surface area contributed by atoms with Crippen LogP contribution in [0.4, 0.5) is 0 Å². The number of ether oxygens (including phenoxy) is 2. The van der Waals surface area contributed by atoms with Crippen molar-refractivity contribution in [1.82, 2.24) is 19.6 Å². The summed E-state index contributed by atoms with van der Waals surface area (Å²) in [5, 5.41) is 4.85. The van der Waals surface area contributed by atoms with E-state index in [-0.39, 0.29) is 0 Å². The van der Waals surface area contributed by atoms with E-state index >= 15 is 0 Å². The van der Waals surface area contributed by atoms with Crippen molar-refractivity contribution in [3.05, 3.63) is 45.6 Å². The van der Waals surface area contributed by atoms with Crippen LogP contribution in [0.15, 0.2) is 30.7 Å². The summed E-state index contributed by atoms with van der Waals surface area (Å²) >= 11 is 2.33. The molecule has 1 spiro atoms. The monoisotopic (exact) mass is 434 g/mol. The standard InChI is InChI=1S/C17H15IN4O2/c18-14-15(11-2-5-19-6-3-11)21-22-13-1-4-17(23-7-8-24-17)9-12(13)10-20-16(14)22/h2-3,5-6,10H,1,4,7-9H2. The molecule has 3 aromatic heterocycles. The number of halogens is 1. The Kier molecular flexibility index (Phi) is 3.36. The maximum atomic E-state index is 5.86. The topological polar surface area (TPSA) is 61.5 Å². The summed E-state index contributed by atoms with van der Waals surface area (Å²) in [5.41, 5.74) is 5.29. The molecule has 0 amide bonds. The van der Waals surface area contributed by atoms with Gasteiger partial charge >= 0.3 is 0 Å². The largest absolute Gasteiger partial charge is 0.347 e. The summed E-state index contributed by atoms with van der Waals surface area (Å²) in [4.78, 5) is 8.75. The van der Waals surface area contributed by atoms with Crippen molar-refractivity contribution in [1.29, 1.82) is 0 Å². The molecule has 0 radical (unpaired) electrons. The lowest BCUT2D eigenvalue weighted by Crippen LogP contribution is -2.37. The normalized spacial score (nSPS) is 19.0. The molecule has 0 N–H and O–H groups in total. The Bertz CT molecular complexity index is 919. The second-order valence-corrected chi connectivity index (χ2v) is 7.23. The third-order valence-electron chi connectivity index (χ3n) is 4.74. The van der Waals surface area contributed by atoms with Crippen LogP contribution in [0.2, 0.25) is 0 Å². The van der Waals surface area contributed by atoms with E-state index < -0.39 is 5.79 Å². The van der Waals surface area contributed by atoms with Gasteiger partial charge in [-0.1, -0.05) is 0 Å². The maximum Gasteiger partial charge on any atom is 0.172 e. The molecule has 122 valence electrons. The summed E-state index contributed by atoms with van der Waals surface area (Å²) in [5.74, 6) is -0.448. The van der Waals surface area contributed by atoms with Crippen molar-refractivity contribution >= 4 is 28.2 Å². The molecule has 1 fully saturated rings. The molecule has 0 atom stereocenters. The number of aromatic nitrogens is 4. The first-order chi connectivity index (χ1) is 11.8. The van der Waals surface area contributed by atoms with E-state index in [1.54, 1.807) is 12.4 Å². The highest BCUT2D eigenvalue weighted by Crippen LogP contribution is 2.36. The fourth-order valence-corrected chi connectivity index (χ4v) is 4.37. The number of nitrogens with zero attached hydrogens (tertiary/aromatic N) is 4. The van der Waals surface area contributed by atoms with Crippen LogP contribution in [0.5, 0.6) is 0 Å². The molecule has 1 saturated heterocycles. The van der Waals surface area contributed by atoms with Gasteiger partial charge in [-0.2, -0.15) is 5.10 Å². The maximum absolute atomic E-state index is 5.86. The van der Waals surface area contributed by atoms with E-state index in [9.17, 15) is 0 Å². The highest BCUT2D eigenvalue weighted by molar-refractivity contribution is 14.1. The SMILES string of the molecule is Ic1c(-c2ccncc2)nn2c3c(cnc12)CC1(CC3)OCCO1. The predicted molar refractivity (Wildman–Crippen MR) is 95.6 cm³/mol. The lowest BCUT2D eigenvalue weighted by Gasteiger charge is -2.32. The molecule has 7 heteroatoms. The molecular formula is C17H15IN4O2. The molecule has 0 bridgehead atoms. The van der Waals surface area contributed by atoms with Crippen LogP contribution in [-0.2, 0) is 22.3 Å². The van der Waals surface area contributed by atoms with Crippen LogP contribution in [0.3, 0.4) is 0 Å². The predicted octanol–water partition coefficient (Wildman–Crippen LogP) is 2.63. The number of hydrogen-bond acceptors (Lipinski definition) is 5. The van der Waals surface area contributed by atoms with Crippen LogP contribution in [0.25, 0.3) is 16.9 Å². The first-order valence-corrected chi connectivity index (χ1v) is 9.07. The molecule has 24 heavy (non-hydrogen) atoms. The number of aryl methyl sites for hydroxylation is 1. The van der Waals surface area contributed by atoms with Gasteiger partial charge in [0.15, 0.2) is 11.4 Å². The average molecular weight is 434 g/mol. The molecule has 0 unspecified atom stereocenters. The molecule has 0 saturated carbocycles. The van der Waals surface area contributed by atoms with Gasteiger partial charge in [0.2, 0.25) is 0 Å². The Balaban J connectivity index is 1.64. The Morgan fingerprint density at radius 2 is 1.96 bits per heavy atom. The van der Waals surface area contributed by atoms with Crippen molar-refractivity contribution in [2.75, 3.05) is 13.2 Å². The number of fused-ring (bicyclic) bond motifs is 3. The molecule has 1 aliphatic carbocycles. The molecule has 4 heterocycles. The van der Waals surface area contributed by atoms with Crippen LogP contribution in [0, 0.1) is 3.57 Å². The molecule has 1 aliphatic heterocycles. The smallest absolute Gasteiger partial charge is 0.172 e. The Hall–Kier alpha value is -1.58. The van der Waals surface area contributed by atoms with Crippen LogP contribution >= 0.6 is 22.6 Å². The van der Waals surface area contributed by atoms with Gasteiger partial charge in [0.1, 0.15) is 5.69 Å². The van der Waals surface area contributed by atoms with Gasteiger partial charge in [-0.15, -0.1) is 0 Å². The minimum absolute atomic E-state index is 0.448. The van der Waals surface area contributed by atoms with Gasteiger partial charge in [0.25, 0.3) is 0 Å². The molecular weight excluding hydrogens is 419 g/mol. The van der Waals surface area contributed by atoms with Crippen LogP contribution in [0.1, 0.15) is 17.7 Å². The van der Waals surface area contributed by atoms with Crippen molar-refractivity contribution in [3.8, 4) is 11.3 Å². The zero-order chi connectivity index (χ0) is 16.1. The van der Waals surface area contributed by atoms with Gasteiger partial charge in [0, 0.05) is 42.7 Å². The van der Waals surface area contributed by atoms with Crippen LogP contribution in [-0.4, -0.2) is 38.6 Å². The van der Waals surface area contributed by atoms with Gasteiger partial charge in [0.05, 0.1) is 16.8 Å². The first-order valence-electron chi connectivity index (χ1n) is 7.99. The average Bonchev–Trinajstić information content (AvgIpc) is 3.20. The van der Waals surface area contributed by atoms with Crippen molar-refractivity contribution in [2.24, 2.45) is 0 Å². The Labute approximate surface area is 152 Å². The molecule has 3 aromatic rings. The van der Waals surface area contributed by atoms with E-state index in [1.165, 1.54) is 5.69 Å². The minimum atomic E-state index is -0.448.